The quantitative estimate of drug-likeness (QED) is 0.137. The first-order valence-electron chi connectivity index (χ1n) is 21.9. The molecule has 11 aliphatic rings. The second kappa shape index (κ2) is 12.7. The molecule has 1 aliphatic heterocycles. The Kier molecular flexibility index (Phi) is 8.78. The van der Waals surface area contributed by atoms with Crippen molar-refractivity contribution in [1.29, 1.82) is 0 Å². The zero-order valence-electron chi connectivity index (χ0n) is 34.0. The van der Waals surface area contributed by atoms with Gasteiger partial charge in [0.15, 0.2) is 0 Å². The first-order valence-corrected chi connectivity index (χ1v) is 21.9. The maximum Gasteiger partial charge on any atom is 0.312 e. The molecular formula is C45H66O9. The molecule has 0 aromatic rings. The van der Waals surface area contributed by atoms with Crippen LogP contribution in [0.5, 0.6) is 0 Å². The van der Waals surface area contributed by atoms with Crippen LogP contribution in [0.2, 0.25) is 0 Å². The number of rotatable bonds is 13. The van der Waals surface area contributed by atoms with Crippen molar-refractivity contribution in [2.45, 2.75) is 174 Å². The number of hydrogen-bond donors (Lipinski definition) is 0. The Balaban J connectivity index is 0.973. The van der Waals surface area contributed by atoms with Crippen LogP contribution in [0.3, 0.4) is 0 Å². The molecule has 10 bridgehead atoms. The van der Waals surface area contributed by atoms with Gasteiger partial charge >= 0.3 is 23.9 Å². The number of esters is 4. The van der Waals surface area contributed by atoms with Crippen LogP contribution in [-0.4, -0.2) is 60.5 Å². The molecule has 10 saturated carbocycles. The average Bonchev–Trinajstić information content (AvgIpc) is 3.76. The van der Waals surface area contributed by atoms with Gasteiger partial charge in [0.05, 0.1) is 27.8 Å². The highest BCUT2D eigenvalue weighted by atomic mass is 16.6. The Morgan fingerprint density at radius 1 is 0.704 bits per heavy atom. The van der Waals surface area contributed by atoms with E-state index in [1.807, 2.05) is 41.7 Å². The first-order chi connectivity index (χ1) is 25.5. The molecule has 0 N–H and O–H groups in total. The summed E-state index contributed by atoms with van der Waals surface area (Å²) < 4.78 is 31.7. The second-order valence-corrected chi connectivity index (χ2v) is 21.7. The lowest BCUT2D eigenvalue weighted by molar-refractivity contribution is -0.223. The molecule has 0 aromatic carbocycles. The van der Waals surface area contributed by atoms with Crippen LogP contribution in [0.15, 0.2) is 0 Å². The summed E-state index contributed by atoms with van der Waals surface area (Å²) in [5.74, 6) is 2.50. The van der Waals surface area contributed by atoms with E-state index in [-0.39, 0.29) is 72.3 Å². The summed E-state index contributed by atoms with van der Waals surface area (Å²) in [5, 5.41) is 0. The molecule has 0 aromatic heterocycles. The van der Waals surface area contributed by atoms with Crippen LogP contribution in [0.1, 0.15) is 144 Å². The highest BCUT2D eigenvalue weighted by Crippen LogP contribution is 2.62. The molecule has 11 rings (SSSR count). The van der Waals surface area contributed by atoms with Crippen LogP contribution < -0.4 is 0 Å². The molecule has 9 unspecified atom stereocenters. The fourth-order valence-electron chi connectivity index (χ4n) is 15.5. The van der Waals surface area contributed by atoms with Crippen molar-refractivity contribution in [3.8, 4) is 0 Å². The van der Waals surface area contributed by atoms with Crippen LogP contribution in [-0.2, 0) is 42.9 Å². The van der Waals surface area contributed by atoms with E-state index < -0.39 is 27.9 Å². The second-order valence-electron chi connectivity index (χ2n) is 21.7. The largest absolute Gasteiger partial charge is 0.461 e. The maximum absolute atomic E-state index is 15.2. The fraction of sp³-hybridized carbons (Fsp3) is 0.911. The van der Waals surface area contributed by atoms with Gasteiger partial charge in [-0.25, -0.2) is 0 Å². The Bertz CT molecular complexity index is 1520. The van der Waals surface area contributed by atoms with Gasteiger partial charge in [0.2, 0.25) is 0 Å². The van der Waals surface area contributed by atoms with Gasteiger partial charge in [-0.05, 0) is 172 Å². The molecule has 0 spiro atoms. The smallest absolute Gasteiger partial charge is 0.312 e. The third-order valence-electron chi connectivity index (χ3n) is 17.7. The minimum absolute atomic E-state index is 0.0661. The van der Waals surface area contributed by atoms with Crippen molar-refractivity contribution in [3.05, 3.63) is 0 Å². The SMILES string of the molecule is CCC(C)(CC(C)(CC(C)(C)C(=O)OC1C2CC3CC1CC(OC)(C3)C2)C(=O)OC1(CC)C2CC3CC(C2)CC1C3)C(=O)OC1C2CC3C(=O)OC1C3C2. The van der Waals surface area contributed by atoms with Gasteiger partial charge in [-0.15, -0.1) is 0 Å². The monoisotopic (exact) mass is 750 g/mol. The lowest BCUT2D eigenvalue weighted by Gasteiger charge is -2.60. The number of carbonyl (C=O) groups excluding carboxylic acids is 4. The number of ether oxygens (including phenoxy) is 5. The molecule has 0 amide bonds. The summed E-state index contributed by atoms with van der Waals surface area (Å²) in [6.07, 6.45) is 13.1. The van der Waals surface area contributed by atoms with Crippen molar-refractivity contribution in [1.82, 2.24) is 0 Å². The molecule has 300 valence electrons. The van der Waals surface area contributed by atoms with Gasteiger partial charge in [-0.1, -0.05) is 13.8 Å². The molecule has 9 heteroatoms. The lowest BCUT2D eigenvalue weighted by atomic mass is 9.49. The first kappa shape index (κ1) is 37.4. The highest BCUT2D eigenvalue weighted by Gasteiger charge is 2.65. The summed E-state index contributed by atoms with van der Waals surface area (Å²) >= 11 is 0. The highest BCUT2D eigenvalue weighted by molar-refractivity contribution is 5.83. The van der Waals surface area contributed by atoms with E-state index in [0.717, 1.165) is 82.5 Å². The Hall–Kier alpha value is -2.16. The fourth-order valence-corrected chi connectivity index (χ4v) is 15.5. The van der Waals surface area contributed by atoms with E-state index in [1.54, 1.807) is 0 Å². The van der Waals surface area contributed by atoms with Crippen molar-refractivity contribution in [3.63, 3.8) is 0 Å². The summed E-state index contributed by atoms with van der Waals surface area (Å²) in [6, 6.07) is 0. The van der Waals surface area contributed by atoms with E-state index in [2.05, 4.69) is 6.92 Å². The molecule has 9 atom stereocenters. The molecule has 9 nitrogen and oxygen atoms in total. The normalized spacial score (nSPS) is 46.9. The predicted octanol–water partition coefficient (Wildman–Crippen LogP) is 7.99. The number of fused-ring (bicyclic) bond motifs is 1. The number of methoxy groups -OCH3 is 1. The van der Waals surface area contributed by atoms with Crippen molar-refractivity contribution in [2.24, 2.45) is 75.4 Å². The van der Waals surface area contributed by atoms with Crippen molar-refractivity contribution < 1.29 is 42.9 Å². The van der Waals surface area contributed by atoms with Gasteiger partial charge < -0.3 is 23.7 Å². The average molecular weight is 751 g/mol. The van der Waals surface area contributed by atoms with Crippen LogP contribution in [0.4, 0.5) is 0 Å². The minimum atomic E-state index is -1.17. The van der Waals surface area contributed by atoms with Gasteiger partial charge in [0.1, 0.15) is 23.9 Å². The Morgan fingerprint density at radius 3 is 1.93 bits per heavy atom. The van der Waals surface area contributed by atoms with E-state index in [0.29, 0.717) is 42.4 Å². The van der Waals surface area contributed by atoms with Crippen LogP contribution in [0.25, 0.3) is 0 Å². The minimum Gasteiger partial charge on any atom is -0.461 e. The maximum atomic E-state index is 15.2. The lowest BCUT2D eigenvalue weighted by Crippen LogP contribution is -2.60. The van der Waals surface area contributed by atoms with Gasteiger partial charge in [0, 0.05) is 18.9 Å². The molecule has 1 heterocycles. The van der Waals surface area contributed by atoms with E-state index in [9.17, 15) is 14.4 Å². The summed E-state index contributed by atoms with van der Waals surface area (Å²) in [7, 11) is 1.83. The van der Waals surface area contributed by atoms with Crippen molar-refractivity contribution >= 4 is 23.9 Å². The van der Waals surface area contributed by atoms with Crippen LogP contribution >= 0.6 is 0 Å². The molecular weight excluding hydrogens is 684 g/mol. The van der Waals surface area contributed by atoms with Gasteiger partial charge in [-0.2, -0.15) is 0 Å². The van der Waals surface area contributed by atoms with E-state index in [1.165, 1.54) is 6.42 Å². The van der Waals surface area contributed by atoms with Gasteiger partial charge in [-0.3, -0.25) is 19.2 Å². The zero-order chi connectivity index (χ0) is 38.2. The number of hydrogen-bond acceptors (Lipinski definition) is 9. The Morgan fingerprint density at radius 2 is 1.33 bits per heavy atom. The standard InChI is InChI=1S/C45H66O9/c1-8-42(5,39(48)53-35-27-17-32-33(18-27)37(46)51-36(32)35)23-43(6,40(49)54-45(9-2)30-13-24-10-25(15-30)16-31(45)14-24)22-41(3,4)38(47)52-34-28-11-26-12-29(34)21-44(19-26,20-28)50-7/h24-36H,8-23H2,1-7H3. The Labute approximate surface area is 322 Å². The predicted molar refractivity (Wildman–Crippen MR) is 198 cm³/mol. The summed E-state index contributed by atoms with van der Waals surface area (Å²) in [4.78, 5) is 56.6. The summed E-state index contributed by atoms with van der Waals surface area (Å²) in [6.45, 7) is 11.8. The van der Waals surface area contributed by atoms with Gasteiger partial charge in [0.25, 0.3) is 0 Å². The van der Waals surface area contributed by atoms with Crippen molar-refractivity contribution in [2.75, 3.05) is 7.11 Å². The molecule has 0 radical (unpaired) electrons. The molecule has 11 fully saturated rings. The zero-order valence-corrected chi connectivity index (χ0v) is 34.0. The van der Waals surface area contributed by atoms with E-state index in [4.69, 9.17) is 23.7 Å². The summed E-state index contributed by atoms with van der Waals surface area (Å²) in [5.41, 5.74) is -3.81. The molecule has 10 aliphatic carbocycles. The number of carbonyl (C=O) groups is 4. The third kappa shape index (κ3) is 5.67. The third-order valence-corrected chi connectivity index (χ3v) is 17.7. The van der Waals surface area contributed by atoms with Crippen LogP contribution in [0, 0.1) is 75.4 Å². The molecule has 54 heavy (non-hydrogen) atoms. The van der Waals surface area contributed by atoms with E-state index >= 15 is 4.79 Å². The molecule has 1 saturated heterocycles. The topological polar surface area (TPSA) is 114 Å².